The highest BCUT2D eigenvalue weighted by Gasteiger charge is 2.19. The van der Waals surface area contributed by atoms with E-state index in [4.69, 9.17) is 0 Å². The Kier molecular flexibility index (Phi) is 3.67. The number of hydrogen-bond acceptors (Lipinski definition) is 2. The van der Waals surface area contributed by atoms with Gasteiger partial charge >= 0.3 is 0 Å². The number of nitrogens with one attached hydrogen (secondary N) is 2. The molecule has 5 heteroatoms. The lowest BCUT2D eigenvalue weighted by molar-refractivity contribution is -0.115. The highest BCUT2D eigenvalue weighted by atomic mass is 127. The van der Waals surface area contributed by atoms with Crippen molar-refractivity contribution in [3.8, 4) is 0 Å². The predicted molar refractivity (Wildman–Crippen MR) is 90.6 cm³/mol. The van der Waals surface area contributed by atoms with Crippen LogP contribution in [0.25, 0.3) is 0 Å². The lowest BCUT2D eigenvalue weighted by atomic mass is 10.1. The third-order valence-corrected chi connectivity index (χ3v) is 4.59. The van der Waals surface area contributed by atoms with Gasteiger partial charge in [-0.3, -0.25) is 9.59 Å². The first-order valence-electron chi connectivity index (χ1n) is 6.53. The molecule has 2 aromatic rings. The van der Waals surface area contributed by atoms with Crippen molar-refractivity contribution in [2.75, 3.05) is 10.6 Å². The van der Waals surface area contributed by atoms with E-state index in [9.17, 15) is 9.59 Å². The van der Waals surface area contributed by atoms with Crippen LogP contribution < -0.4 is 10.6 Å². The summed E-state index contributed by atoms with van der Waals surface area (Å²) < 4.78 is 1.10. The third-order valence-electron chi connectivity index (χ3n) is 3.43. The molecule has 3 rings (SSSR count). The van der Waals surface area contributed by atoms with Crippen LogP contribution in [0.5, 0.6) is 0 Å². The van der Waals surface area contributed by atoms with Crippen LogP contribution in [0.1, 0.15) is 21.5 Å². The molecular formula is C16H13IN2O2. The number of halogens is 1. The zero-order chi connectivity index (χ0) is 15.0. The van der Waals surface area contributed by atoms with Crippen molar-refractivity contribution in [2.45, 2.75) is 13.3 Å². The van der Waals surface area contributed by atoms with Crippen LogP contribution in [0.4, 0.5) is 11.4 Å². The number of amides is 2. The Labute approximate surface area is 136 Å². The average Bonchev–Trinajstić information content (AvgIpc) is 2.82. The number of carbonyl (C=O) groups excluding carboxylic acids is 2. The van der Waals surface area contributed by atoms with E-state index in [0.717, 1.165) is 20.5 Å². The maximum absolute atomic E-state index is 12.3. The van der Waals surface area contributed by atoms with E-state index in [2.05, 4.69) is 33.2 Å². The third kappa shape index (κ3) is 2.92. The molecule has 106 valence electrons. The Morgan fingerprint density at radius 3 is 2.81 bits per heavy atom. The van der Waals surface area contributed by atoms with Gasteiger partial charge in [0.25, 0.3) is 5.91 Å². The molecule has 0 radical (unpaired) electrons. The normalized spacial score (nSPS) is 12.8. The molecule has 0 spiro atoms. The molecule has 0 bridgehead atoms. The fraction of sp³-hybridized carbons (Fsp3) is 0.125. The summed E-state index contributed by atoms with van der Waals surface area (Å²) in [5.74, 6) is -0.214. The zero-order valence-electron chi connectivity index (χ0n) is 11.4. The van der Waals surface area contributed by atoms with E-state index in [-0.39, 0.29) is 11.8 Å². The number of anilines is 2. The molecule has 0 saturated carbocycles. The zero-order valence-corrected chi connectivity index (χ0v) is 13.5. The van der Waals surface area contributed by atoms with E-state index < -0.39 is 0 Å². The van der Waals surface area contributed by atoms with Gasteiger partial charge in [-0.2, -0.15) is 0 Å². The van der Waals surface area contributed by atoms with E-state index >= 15 is 0 Å². The van der Waals surface area contributed by atoms with E-state index in [1.54, 1.807) is 12.1 Å². The number of fused-ring (bicyclic) bond motifs is 1. The van der Waals surface area contributed by atoms with Gasteiger partial charge in [-0.25, -0.2) is 0 Å². The molecule has 21 heavy (non-hydrogen) atoms. The van der Waals surface area contributed by atoms with Gasteiger partial charge in [0.05, 0.1) is 6.42 Å². The molecule has 0 aliphatic carbocycles. The Morgan fingerprint density at radius 2 is 2.05 bits per heavy atom. The topological polar surface area (TPSA) is 58.2 Å². The molecule has 0 saturated heterocycles. The molecule has 0 atom stereocenters. The largest absolute Gasteiger partial charge is 0.326 e. The molecule has 2 aromatic carbocycles. The Balaban J connectivity index is 1.81. The van der Waals surface area contributed by atoms with Crippen molar-refractivity contribution in [3.05, 3.63) is 56.7 Å². The van der Waals surface area contributed by atoms with Crippen LogP contribution in [0.3, 0.4) is 0 Å². The van der Waals surface area contributed by atoms with E-state index in [0.29, 0.717) is 12.0 Å². The Bertz CT molecular complexity index is 756. The van der Waals surface area contributed by atoms with Crippen LogP contribution in [0.2, 0.25) is 0 Å². The van der Waals surface area contributed by atoms with Crippen LogP contribution in [-0.2, 0) is 11.2 Å². The van der Waals surface area contributed by atoms with Crippen molar-refractivity contribution >= 4 is 45.8 Å². The summed E-state index contributed by atoms with van der Waals surface area (Å²) in [6, 6.07) is 11.1. The second kappa shape index (κ2) is 5.48. The highest BCUT2D eigenvalue weighted by molar-refractivity contribution is 14.1. The minimum absolute atomic E-state index is 0.0318. The van der Waals surface area contributed by atoms with Crippen LogP contribution in [0.15, 0.2) is 36.4 Å². The average molecular weight is 392 g/mol. The molecule has 2 amide bonds. The smallest absolute Gasteiger partial charge is 0.255 e. The molecule has 0 unspecified atom stereocenters. The number of carbonyl (C=O) groups is 2. The first-order valence-corrected chi connectivity index (χ1v) is 7.61. The van der Waals surface area contributed by atoms with Crippen molar-refractivity contribution in [2.24, 2.45) is 0 Å². The van der Waals surface area contributed by atoms with Gasteiger partial charge in [-0.15, -0.1) is 0 Å². The molecule has 1 aliphatic rings. The van der Waals surface area contributed by atoms with E-state index in [1.165, 1.54) is 5.56 Å². The quantitative estimate of drug-likeness (QED) is 0.771. The molecule has 0 fully saturated rings. The van der Waals surface area contributed by atoms with E-state index in [1.807, 2.05) is 31.2 Å². The lowest BCUT2D eigenvalue weighted by Gasteiger charge is -2.08. The summed E-state index contributed by atoms with van der Waals surface area (Å²) in [6.07, 6.45) is 0.382. The minimum Gasteiger partial charge on any atom is -0.326 e. The number of aryl methyl sites for hydroxylation is 1. The second-order valence-corrected chi connectivity index (χ2v) is 6.18. The highest BCUT2D eigenvalue weighted by Crippen LogP contribution is 2.25. The summed E-state index contributed by atoms with van der Waals surface area (Å²) in [6.45, 7) is 2.02. The van der Waals surface area contributed by atoms with Gasteiger partial charge in [0.2, 0.25) is 5.91 Å². The Hall–Kier alpha value is -1.89. The number of benzene rings is 2. The van der Waals surface area contributed by atoms with Crippen LogP contribution in [0, 0.1) is 10.5 Å². The van der Waals surface area contributed by atoms with Gasteiger partial charge < -0.3 is 10.6 Å². The fourth-order valence-corrected chi connectivity index (χ4v) is 2.74. The van der Waals surface area contributed by atoms with Gasteiger partial charge in [-0.1, -0.05) is 12.1 Å². The van der Waals surface area contributed by atoms with Gasteiger partial charge in [0.15, 0.2) is 0 Å². The van der Waals surface area contributed by atoms with Gasteiger partial charge in [-0.05, 0) is 64.9 Å². The monoisotopic (exact) mass is 392 g/mol. The summed E-state index contributed by atoms with van der Waals surface area (Å²) >= 11 is 2.24. The van der Waals surface area contributed by atoms with Crippen molar-refractivity contribution in [1.82, 2.24) is 0 Å². The summed E-state index contributed by atoms with van der Waals surface area (Å²) in [5, 5.41) is 5.63. The van der Waals surface area contributed by atoms with Crippen molar-refractivity contribution < 1.29 is 9.59 Å². The number of hydrogen-bond donors (Lipinski definition) is 2. The molecule has 1 aliphatic heterocycles. The molecule has 0 aromatic heterocycles. The first kappa shape index (κ1) is 14.1. The maximum atomic E-state index is 12.3. The van der Waals surface area contributed by atoms with Crippen LogP contribution in [-0.4, -0.2) is 11.8 Å². The Morgan fingerprint density at radius 1 is 1.24 bits per heavy atom. The SMILES string of the molecule is Cc1ccc(NC(=O)c2ccc3c(c2)NC(=O)C3)cc1I. The summed E-state index contributed by atoms with van der Waals surface area (Å²) in [5.41, 5.74) is 4.13. The summed E-state index contributed by atoms with van der Waals surface area (Å²) in [4.78, 5) is 23.6. The standard InChI is InChI=1S/C16H13IN2O2/c1-9-2-5-12(8-13(9)17)18-16(21)11-4-3-10-7-15(20)19-14(10)6-11/h2-6,8H,7H2,1H3,(H,18,21)(H,19,20). The van der Waals surface area contributed by atoms with Gasteiger partial charge in [0, 0.05) is 20.5 Å². The summed E-state index contributed by atoms with van der Waals surface area (Å²) in [7, 11) is 0. The van der Waals surface area contributed by atoms with Gasteiger partial charge in [0.1, 0.15) is 0 Å². The predicted octanol–water partition coefficient (Wildman–Crippen LogP) is 3.35. The van der Waals surface area contributed by atoms with Crippen LogP contribution >= 0.6 is 22.6 Å². The number of rotatable bonds is 2. The van der Waals surface area contributed by atoms with Crippen molar-refractivity contribution in [1.29, 1.82) is 0 Å². The minimum atomic E-state index is -0.182. The molecular weight excluding hydrogens is 379 g/mol. The second-order valence-electron chi connectivity index (χ2n) is 5.01. The molecule has 2 N–H and O–H groups in total. The molecule has 4 nitrogen and oxygen atoms in total. The van der Waals surface area contributed by atoms with Crippen molar-refractivity contribution in [3.63, 3.8) is 0 Å². The fourth-order valence-electron chi connectivity index (χ4n) is 2.23. The molecule has 1 heterocycles. The first-order chi connectivity index (χ1) is 10.0. The maximum Gasteiger partial charge on any atom is 0.255 e. The lowest BCUT2D eigenvalue weighted by Crippen LogP contribution is -2.12.